The molecule has 0 aromatic heterocycles. The van der Waals surface area contributed by atoms with Crippen LogP contribution in [-0.2, 0) is 10.0 Å². The van der Waals surface area contributed by atoms with Gasteiger partial charge in [-0.15, -0.1) is 0 Å². The molecule has 2 rings (SSSR count). The van der Waals surface area contributed by atoms with E-state index < -0.39 is 10.0 Å². The molecule has 1 aromatic carbocycles. The molecule has 0 saturated heterocycles. The van der Waals surface area contributed by atoms with Crippen LogP contribution in [0.4, 0.5) is 0 Å². The Morgan fingerprint density at radius 2 is 2.06 bits per heavy atom. The number of hydrogen-bond acceptors (Lipinski definition) is 3. The lowest BCUT2D eigenvalue weighted by atomic mass is 10.1. The average Bonchev–Trinajstić information content (AvgIpc) is 3.03. The van der Waals surface area contributed by atoms with Crippen molar-refractivity contribution < 1.29 is 13.2 Å². The summed E-state index contributed by atoms with van der Waals surface area (Å²) < 4.78 is 23.4. The molecule has 0 unspecified atom stereocenters. The largest absolute Gasteiger partial charge is 0.349 e. The van der Waals surface area contributed by atoms with Crippen LogP contribution in [0, 0.1) is 6.92 Å². The number of amides is 1. The van der Waals surface area contributed by atoms with Crippen LogP contribution in [0.3, 0.4) is 0 Å². The lowest BCUT2D eigenvalue weighted by Crippen LogP contribution is -2.26. The van der Waals surface area contributed by atoms with Gasteiger partial charge in [0.2, 0.25) is 10.0 Å². The Morgan fingerprint density at radius 3 is 2.56 bits per heavy atom. The molecule has 0 spiro atoms. The number of hydrogen-bond donors (Lipinski definition) is 2. The van der Waals surface area contributed by atoms with E-state index in [1.807, 2.05) is 0 Å². The molecule has 1 aliphatic carbocycles. The molecule has 5 nitrogen and oxygen atoms in total. The van der Waals surface area contributed by atoms with Crippen LogP contribution in [0.25, 0.3) is 0 Å². The summed E-state index contributed by atoms with van der Waals surface area (Å²) in [6, 6.07) is 3.13. The van der Waals surface area contributed by atoms with E-state index in [1.54, 1.807) is 13.0 Å². The first kappa shape index (κ1) is 13.5. The Balaban J connectivity index is 2.43. The number of rotatable bonds is 3. The van der Waals surface area contributed by atoms with Crippen molar-refractivity contribution in [3.63, 3.8) is 0 Å². The second-order valence-electron chi connectivity index (χ2n) is 4.37. The number of nitrogens with two attached hydrogens (primary N) is 1. The zero-order chi connectivity index (χ0) is 13.5. The highest BCUT2D eigenvalue weighted by Gasteiger charge is 2.25. The van der Waals surface area contributed by atoms with Crippen molar-refractivity contribution in [3.05, 3.63) is 27.7 Å². The van der Waals surface area contributed by atoms with Gasteiger partial charge in [-0.25, -0.2) is 13.6 Å². The molecule has 1 aliphatic rings. The summed E-state index contributed by atoms with van der Waals surface area (Å²) in [5, 5.41) is 7.93. The third-order valence-corrected chi connectivity index (χ3v) is 4.64. The maximum absolute atomic E-state index is 11.9. The fraction of sp³-hybridized carbons (Fsp3) is 0.364. The smallest absolute Gasteiger partial charge is 0.251 e. The van der Waals surface area contributed by atoms with Gasteiger partial charge >= 0.3 is 0 Å². The standard InChI is InChI=1S/C11H13BrN2O3S/c1-6-9(12)4-7(5-10(6)18(13,16)17)11(15)14-8-2-3-8/h4-5,8H,2-3H2,1H3,(H,14,15)(H2,13,16,17). The number of primary sulfonamides is 1. The maximum Gasteiger partial charge on any atom is 0.251 e. The van der Waals surface area contributed by atoms with E-state index in [0.717, 1.165) is 12.8 Å². The third-order valence-electron chi connectivity index (χ3n) is 2.78. The molecule has 3 N–H and O–H groups in total. The number of carbonyl (C=O) groups is 1. The van der Waals surface area contributed by atoms with Crippen LogP contribution >= 0.6 is 15.9 Å². The molecule has 7 heteroatoms. The van der Waals surface area contributed by atoms with Crippen LogP contribution in [0.1, 0.15) is 28.8 Å². The first-order chi connectivity index (χ1) is 8.29. The topological polar surface area (TPSA) is 89.3 Å². The summed E-state index contributed by atoms with van der Waals surface area (Å²) in [7, 11) is -3.83. The third kappa shape index (κ3) is 2.90. The second kappa shape index (κ2) is 4.64. The molecular weight excluding hydrogens is 320 g/mol. The van der Waals surface area contributed by atoms with Crippen LogP contribution < -0.4 is 10.5 Å². The van der Waals surface area contributed by atoms with E-state index in [2.05, 4.69) is 21.2 Å². The highest BCUT2D eigenvalue weighted by Crippen LogP contribution is 2.26. The van der Waals surface area contributed by atoms with Gasteiger partial charge in [0.1, 0.15) is 0 Å². The van der Waals surface area contributed by atoms with Gasteiger partial charge in [-0.1, -0.05) is 15.9 Å². The Labute approximate surface area is 114 Å². The van der Waals surface area contributed by atoms with Crippen LogP contribution in [0.2, 0.25) is 0 Å². The molecule has 18 heavy (non-hydrogen) atoms. The Hall–Kier alpha value is -0.920. The number of sulfonamides is 1. The Morgan fingerprint density at radius 1 is 1.44 bits per heavy atom. The van der Waals surface area contributed by atoms with Crippen molar-refractivity contribution in [1.29, 1.82) is 0 Å². The zero-order valence-electron chi connectivity index (χ0n) is 9.73. The summed E-state index contributed by atoms with van der Waals surface area (Å²) in [5.74, 6) is -0.275. The molecule has 1 aromatic rings. The van der Waals surface area contributed by atoms with Gasteiger partial charge < -0.3 is 5.32 Å². The average molecular weight is 333 g/mol. The monoisotopic (exact) mass is 332 g/mol. The second-order valence-corrected chi connectivity index (χ2v) is 6.76. The molecule has 0 heterocycles. The van der Waals surface area contributed by atoms with E-state index in [1.165, 1.54) is 6.07 Å². The minimum Gasteiger partial charge on any atom is -0.349 e. The highest BCUT2D eigenvalue weighted by atomic mass is 79.9. The SMILES string of the molecule is Cc1c(Br)cc(C(=O)NC2CC2)cc1S(N)(=O)=O. The van der Waals surface area contributed by atoms with Crippen molar-refractivity contribution >= 4 is 31.9 Å². The summed E-state index contributed by atoms with van der Waals surface area (Å²) in [6.07, 6.45) is 1.95. The van der Waals surface area contributed by atoms with Crippen LogP contribution in [0.5, 0.6) is 0 Å². The summed E-state index contributed by atoms with van der Waals surface area (Å²) in [6.45, 7) is 1.63. The molecule has 0 aliphatic heterocycles. The highest BCUT2D eigenvalue weighted by molar-refractivity contribution is 9.10. The minimum atomic E-state index is -3.83. The molecule has 1 amide bonds. The molecule has 1 fully saturated rings. The summed E-state index contributed by atoms with van der Waals surface area (Å²) in [5.41, 5.74) is 0.795. The van der Waals surface area contributed by atoms with Crippen molar-refractivity contribution in [1.82, 2.24) is 5.32 Å². The predicted octanol–water partition coefficient (Wildman–Crippen LogP) is 1.30. The fourth-order valence-corrected chi connectivity index (χ4v) is 3.00. The number of nitrogens with one attached hydrogen (secondary N) is 1. The first-order valence-corrected chi connectivity index (χ1v) is 7.77. The van der Waals surface area contributed by atoms with E-state index in [9.17, 15) is 13.2 Å². The number of halogens is 1. The van der Waals surface area contributed by atoms with Crippen molar-refractivity contribution in [2.24, 2.45) is 5.14 Å². The van der Waals surface area contributed by atoms with Gasteiger partial charge in [0, 0.05) is 16.1 Å². The molecular formula is C11H13BrN2O3S. The van der Waals surface area contributed by atoms with E-state index in [0.29, 0.717) is 15.6 Å². The van der Waals surface area contributed by atoms with E-state index >= 15 is 0 Å². The van der Waals surface area contributed by atoms with E-state index in [-0.39, 0.29) is 16.8 Å². The normalized spacial score (nSPS) is 15.5. The molecule has 0 atom stereocenters. The van der Waals surface area contributed by atoms with Crippen molar-refractivity contribution in [2.45, 2.75) is 30.7 Å². The van der Waals surface area contributed by atoms with Gasteiger partial charge in [0.05, 0.1) is 4.90 Å². The minimum absolute atomic E-state index is 0.0298. The van der Waals surface area contributed by atoms with Gasteiger partial charge in [-0.05, 0) is 37.5 Å². The lowest BCUT2D eigenvalue weighted by Gasteiger charge is -2.09. The first-order valence-electron chi connectivity index (χ1n) is 5.43. The molecule has 0 bridgehead atoms. The Kier molecular flexibility index (Phi) is 3.48. The van der Waals surface area contributed by atoms with Gasteiger partial charge in [0.25, 0.3) is 5.91 Å². The van der Waals surface area contributed by atoms with Crippen LogP contribution in [-0.4, -0.2) is 20.4 Å². The van der Waals surface area contributed by atoms with Gasteiger partial charge in [0.15, 0.2) is 0 Å². The summed E-state index contributed by atoms with van der Waals surface area (Å²) in [4.78, 5) is 11.8. The molecule has 1 saturated carbocycles. The molecule has 98 valence electrons. The maximum atomic E-state index is 11.9. The predicted molar refractivity (Wildman–Crippen MR) is 70.7 cm³/mol. The number of carbonyl (C=O) groups excluding carboxylic acids is 1. The van der Waals surface area contributed by atoms with Crippen molar-refractivity contribution in [3.8, 4) is 0 Å². The lowest BCUT2D eigenvalue weighted by molar-refractivity contribution is 0.0951. The number of benzene rings is 1. The Bertz CT molecular complexity index is 609. The summed E-state index contributed by atoms with van der Waals surface area (Å²) >= 11 is 3.24. The van der Waals surface area contributed by atoms with Gasteiger partial charge in [-0.2, -0.15) is 0 Å². The molecule has 0 radical (unpaired) electrons. The van der Waals surface area contributed by atoms with Gasteiger partial charge in [-0.3, -0.25) is 4.79 Å². The van der Waals surface area contributed by atoms with E-state index in [4.69, 9.17) is 5.14 Å². The fourth-order valence-electron chi connectivity index (χ4n) is 1.58. The zero-order valence-corrected chi connectivity index (χ0v) is 12.1. The van der Waals surface area contributed by atoms with Crippen molar-refractivity contribution in [2.75, 3.05) is 0 Å². The quantitative estimate of drug-likeness (QED) is 0.874. The van der Waals surface area contributed by atoms with Crippen LogP contribution in [0.15, 0.2) is 21.5 Å².